The first kappa shape index (κ1) is 17.1. The lowest BCUT2D eigenvalue weighted by Gasteiger charge is -2.28. The van der Waals surface area contributed by atoms with Crippen molar-refractivity contribution in [1.29, 1.82) is 0 Å². The maximum absolute atomic E-state index is 5.62. The predicted molar refractivity (Wildman–Crippen MR) is 103 cm³/mol. The third-order valence-electron chi connectivity index (χ3n) is 4.88. The van der Waals surface area contributed by atoms with Gasteiger partial charge in [0.15, 0.2) is 5.65 Å². The van der Waals surface area contributed by atoms with Crippen molar-refractivity contribution in [2.24, 2.45) is 7.05 Å². The van der Waals surface area contributed by atoms with E-state index in [-0.39, 0.29) is 6.04 Å². The Morgan fingerprint density at radius 1 is 1.19 bits per heavy atom. The van der Waals surface area contributed by atoms with E-state index in [4.69, 9.17) is 9.47 Å². The van der Waals surface area contributed by atoms with Crippen molar-refractivity contribution in [3.8, 4) is 11.5 Å². The van der Waals surface area contributed by atoms with Gasteiger partial charge in [-0.25, -0.2) is 14.6 Å². The van der Waals surface area contributed by atoms with Crippen LogP contribution >= 0.6 is 15.9 Å². The van der Waals surface area contributed by atoms with E-state index in [9.17, 15) is 0 Å². The van der Waals surface area contributed by atoms with E-state index < -0.39 is 0 Å². The molecule has 1 unspecified atom stereocenters. The molecule has 0 bridgehead atoms. The fourth-order valence-electron chi connectivity index (χ4n) is 3.69. The van der Waals surface area contributed by atoms with Crippen molar-refractivity contribution in [1.82, 2.24) is 19.7 Å². The summed E-state index contributed by atoms with van der Waals surface area (Å²) in [5.41, 5.74) is 1.92. The number of nitrogens with zero attached hydrogens (tertiary/aromatic N) is 5. The molecule has 0 amide bonds. The molecule has 3 heterocycles. The highest BCUT2D eigenvalue weighted by Gasteiger charge is 2.32. The number of fused-ring (bicyclic) bond motifs is 1. The van der Waals surface area contributed by atoms with Crippen LogP contribution in [0, 0.1) is 0 Å². The van der Waals surface area contributed by atoms with Crippen LogP contribution in [0.15, 0.2) is 29.1 Å². The van der Waals surface area contributed by atoms with Crippen LogP contribution in [0.1, 0.15) is 24.4 Å². The average Bonchev–Trinajstić information content (AvgIpc) is 3.26. The van der Waals surface area contributed by atoms with Crippen LogP contribution in [-0.2, 0) is 7.05 Å². The second-order valence-electron chi connectivity index (χ2n) is 6.27. The van der Waals surface area contributed by atoms with Gasteiger partial charge in [0, 0.05) is 19.2 Å². The van der Waals surface area contributed by atoms with Crippen LogP contribution in [0.4, 0.5) is 5.82 Å². The first-order chi connectivity index (χ1) is 12.6. The molecule has 0 radical (unpaired) electrons. The Morgan fingerprint density at radius 2 is 2.04 bits per heavy atom. The Kier molecular flexibility index (Phi) is 4.44. The summed E-state index contributed by atoms with van der Waals surface area (Å²) in [4.78, 5) is 11.3. The number of hydrogen-bond donors (Lipinski definition) is 0. The summed E-state index contributed by atoms with van der Waals surface area (Å²) in [7, 11) is 5.26. The zero-order valence-electron chi connectivity index (χ0n) is 14.9. The fraction of sp³-hybridized carbons (Fsp3) is 0.389. The summed E-state index contributed by atoms with van der Waals surface area (Å²) in [5, 5.41) is 5.37. The van der Waals surface area contributed by atoms with Crippen LogP contribution in [0.5, 0.6) is 11.5 Å². The lowest BCUT2D eigenvalue weighted by Crippen LogP contribution is -2.24. The van der Waals surface area contributed by atoms with E-state index in [2.05, 4.69) is 42.0 Å². The molecule has 1 aromatic carbocycles. The first-order valence-corrected chi connectivity index (χ1v) is 9.25. The number of methoxy groups -OCH3 is 2. The molecule has 1 saturated heterocycles. The molecule has 0 saturated carbocycles. The molecule has 4 rings (SSSR count). The molecular weight excluding hydrogens is 398 g/mol. The minimum atomic E-state index is 0.158. The van der Waals surface area contributed by atoms with Crippen LogP contribution in [0.3, 0.4) is 0 Å². The molecule has 1 aliphatic rings. The summed E-state index contributed by atoms with van der Waals surface area (Å²) < 4.78 is 13.6. The summed E-state index contributed by atoms with van der Waals surface area (Å²) in [6.07, 6.45) is 3.70. The second kappa shape index (κ2) is 6.75. The molecule has 1 atom stereocenters. The lowest BCUT2D eigenvalue weighted by atomic mass is 10.0. The highest BCUT2D eigenvalue weighted by Crippen LogP contribution is 2.43. The smallest absolute Gasteiger partial charge is 0.164 e. The number of anilines is 1. The fourth-order valence-corrected chi connectivity index (χ4v) is 4.28. The number of ether oxygens (including phenoxy) is 2. The van der Waals surface area contributed by atoms with E-state index in [1.54, 1.807) is 25.2 Å². The largest absolute Gasteiger partial charge is 0.497 e. The zero-order valence-corrected chi connectivity index (χ0v) is 16.5. The number of rotatable bonds is 4. The minimum Gasteiger partial charge on any atom is -0.497 e. The normalized spacial score (nSPS) is 17.1. The van der Waals surface area contributed by atoms with Crippen molar-refractivity contribution >= 4 is 32.8 Å². The van der Waals surface area contributed by atoms with Crippen LogP contribution < -0.4 is 14.4 Å². The molecule has 8 heteroatoms. The lowest BCUT2D eigenvalue weighted by molar-refractivity contribution is 0.395. The van der Waals surface area contributed by atoms with Gasteiger partial charge < -0.3 is 14.4 Å². The quantitative estimate of drug-likeness (QED) is 0.647. The maximum atomic E-state index is 5.62. The molecule has 26 heavy (non-hydrogen) atoms. The van der Waals surface area contributed by atoms with Gasteiger partial charge in [-0.05, 0) is 47.0 Å². The second-order valence-corrected chi connectivity index (χ2v) is 7.02. The standard InChI is InChI=1S/C18H20BrN5O2/c1-23-17-15(16(19)22-23)18(21-10-20-17)24-8-4-5-13(24)12-9-11(25-2)6-7-14(12)26-3/h6-7,9-10,13H,4-5,8H2,1-3H3. The van der Waals surface area contributed by atoms with Crippen LogP contribution in [0.25, 0.3) is 11.0 Å². The Hall–Kier alpha value is -2.35. The van der Waals surface area contributed by atoms with Gasteiger partial charge in [-0.1, -0.05) is 0 Å². The minimum absolute atomic E-state index is 0.158. The summed E-state index contributed by atoms with van der Waals surface area (Å²) in [6.45, 7) is 0.915. The van der Waals surface area contributed by atoms with Gasteiger partial charge in [0.1, 0.15) is 28.2 Å². The molecule has 136 valence electrons. The Bertz CT molecular complexity index is 958. The number of hydrogen-bond acceptors (Lipinski definition) is 6. The molecule has 7 nitrogen and oxygen atoms in total. The van der Waals surface area contributed by atoms with Gasteiger partial charge in [-0.3, -0.25) is 0 Å². The Balaban J connectivity index is 1.84. The van der Waals surface area contributed by atoms with Gasteiger partial charge in [-0.15, -0.1) is 0 Å². The molecule has 1 fully saturated rings. The molecule has 0 aliphatic carbocycles. The van der Waals surface area contributed by atoms with Crippen molar-refractivity contribution < 1.29 is 9.47 Å². The average molecular weight is 418 g/mol. The number of aryl methyl sites for hydroxylation is 1. The van der Waals surface area contributed by atoms with Crippen molar-refractivity contribution in [2.45, 2.75) is 18.9 Å². The predicted octanol–water partition coefficient (Wildman–Crippen LogP) is 3.48. The maximum Gasteiger partial charge on any atom is 0.164 e. The van der Waals surface area contributed by atoms with Gasteiger partial charge >= 0.3 is 0 Å². The monoisotopic (exact) mass is 417 g/mol. The third-order valence-corrected chi connectivity index (χ3v) is 5.43. The SMILES string of the molecule is COc1ccc(OC)c(C2CCCN2c2ncnc3c2c(Br)nn3C)c1. The summed E-state index contributed by atoms with van der Waals surface area (Å²) in [5.74, 6) is 2.57. The van der Waals surface area contributed by atoms with Crippen molar-refractivity contribution in [3.63, 3.8) is 0 Å². The van der Waals surface area contributed by atoms with Crippen LogP contribution in [0.2, 0.25) is 0 Å². The molecular formula is C18H20BrN5O2. The molecule has 0 spiro atoms. The highest BCUT2D eigenvalue weighted by molar-refractivity contribution is 9.10. The van der Waals surface area contributed by atoms with Gasteiger partial charge in [0.2, 0.25) is 0 Å². The molecule has 2 aromatic heterocycles. The van der Waals surface area contributed by atoms with Crippen molar-refractivity contribution in [3.05, 3.63) is 34.7 Å². The van der Waals surface area contributed by atoms with E-state index in [1.165, 1.54) is 0 Å². The van der Waals surface area contributed by atoms with E-state index >= 15 is 0 Å². The third kappa shape index (κ3) is 2.68. The highest BCUT2D eigenvalue weighted by atomic mass is 79.9. The number of halogens is 1. The summed E-state index contributed by atoms with van der Waals surface area (Å²) >= 11 is 3.56. The summed E-state index contributed by atoms with van der Waals surface area (Å²) in [6, 6.07) is 6.09. The first-order valence-electron chi connectivity index (χ1n) is 8.45. The molecule has 3 aromatic rings. The van der Waals surface area contributed by atoms with E-state index in [0.29, 0.717) is 0 Å². The van der Waals surface area contributed by atoms with E-state index in [0.717, 1.165) is 57.9 Å². The Morgan fingerprint density at radius 3 is 2.81 bits per heavy atom. The Labute approximate surface area is 160 Å². The van der Waals surface area contributed by atoms with E-state index in [1.807, 2.05) is 19.2 Å². The van der Waals surface area contributed by atoms with Crippen molar-refractivity contribution in [2.75, 3.05) is 25.7 Å². The topological polar surface area (TPSA) is 65.3 Å². The zero-order chi connectivity index (χ0) is 18.3. The van der Waals surface area contributed by atoms with Gasteiger partial charge in [0.25, 0.3) is 0 Å². The van der Waals surface area contributed by atoms with Gasteiger partial charge in [-0.2, -0.15) is 5.10 Å². The molecule has 0 N–H and O–H groups in total. The number of aromatic nitrogens is 4. The van der Waals surface area contributed by atoms with Gasteiger partial charge in [0.05, 0.1) is 25.6 Å². The van der Waals surface area contributed by atoms with Crippen LogP contribution in [-0.4, -0.2) is 40.5 Å². The number of benzene rings is 1. The molecule has 1 aliphatic heterocycles.